The van der Waals surface area contributed by atoms with Crippen molar-refractivity contribution in [1.29, 1.82) is 0 Å². The first kappa shape index (κ1) is 11.1. The zero-order valence-corrected chi connectivity index (χ0v) is 10.0. The molecule has 1 aromatic carbocycles. The largest absolute Gasteiger partial charge is 0.493 e. The lowest BCUT2D eigenvalue weighted by Gasteiger charge is -2.12. The second kappa shape index (κ2) is 4.03. The van der Waals surface area contributed by atoms with Crippen molar-refractivity contribution >= 4 is 0 Å². The minimum absolute atomic E-state index is 0.104. The van der Waals surface area contributed by atoms with E-state index >= 15 is 0 Å². The summed E-state index contributed by atoms with van der Waals surface area (Å²) in [6.45, 7) is 2.33. The zero-order chi connectivity index (χ0) is 12.7. The molecule has 0 bridgehead atoms. The van der Waals surface area contributed by atoms with Crippen LogP contribution in [0.3, 0.4) is 0 Å². The highest BCUT2D eigenvalue weighted by molar-refractivity contribution is 5.28. The van der Waals surface area contributed by atoms with Gasteiger partial charge < -0.3 is 9.84 Å². The molecule has 0 radical (unpaired) electrons. The van der Waals surface area contributed by atoms with Crippen LogP contribution in [0, 0.1) is 0 Å². The number of aryl methyl sites for hydroxylation is 1. The van der Waals surface area contributed by atoms with E-state index in [0.29, 0.717) is 5.69 Å². The van der Waals surface area contributed by atoms with Gasteiger partial charge in [-0.05, 0) is 12.0 Å². The van der Waals surface area contributed by atoms with Crippen LogP contribution in [-0.2, 0) is 17.8 Å². The number of nitrogens with zero attached hydrogens (tertiary/aromatic N) is 1. The molecular formula is C13H14N2O3. The van der Waals surface area contributed by atoms with Crippen LogP contribution in [0.25, 0.3) is 0 Å². The van der Waals surface area contributed by atoms with Crippen molar-refractivity contribution in [1.82, 2.24) is 9.55 Å². The fourth-order valence-electron chi connectivity index (χ4n) is 2.25. The molecule has 1 atom stereocenters. The Kier molecular flexibility index (Phi) is 2.48. The van der Waals surface area contributed by atoms with Gasteiger partial charge in [0.1, 0.15) is 5.69 Å². The molecule has 0 saturated carbocycles. The summed E-state index contributed by atoms with van der Waals surface area (Å²) >= 11 is 0. The third-order valence-electron chi connectivity index (χ3n) is 3.29. The van der Waals surface area contributed by atoms with Crippen LogP contribution in [0.2, 0.25) is 0 Å². The van der Waals surface area contributed by atoms with Gasteiger partial charge in [0, 0.05) is 5.56 Å². The van der Waals surface area contributed by atoms with E-state index in [1.165, 1.54) is 10.1 Å². The molecule has 0 fully saturated rings. The molecule has 5 nitrogen and oxygen atoms in total. The minimum Gasteiger partial charge on any atom is -0.493 e. The molecule has 5 heteroatoms. The predicted octanol–water partition coefficient (Wildman–Crippen LogP) is 1.52. The standard InChI is InChI=1S/C13H14N2O3/c1-2-8-3-5-9(6-4-8)12-15-10(7-18-12)11(16)14-13(15)17/h3-6,12,16H,2,7H2,1H3,(H,14,17). The van der Waals surface area contributed by atoms with Crippen LogP contribution < -0.4 is 5.69 Å². The smallest absolute Gasteiger partial charge is 0.331 e. The van der Waals surface area contributed by atoms with Crippen molar-refractivity contribution in [3.8, 4) is 5.88 Å². The van der Waals surface area contributed by atoms with Crippen molar-refractivity contribution < 1.29 is 9.84 Å². The maximum Gasteiger partial charge on any atom is 0.331 e. The van der Waals surface area contributed by atoms with Gasteiger partial charge in [-0.1, -0.05) is 31.2 Å². The Morgan fingerprint density at radius 3 is 2.83 bits per heavy atom. The Bertz CT molecular complexity index is 625. The van der Waals surface area contributed by atoms with Crippen LogP contribution >= 0.6 is 0 Å². The molecule has 2 aromatic rings. The number of aromatic amines is 1. The van der Waals surface area contributed by atoms with Crippen LogP contribution in [-0.4, -0.2) is 14.7 Å². The number of rotatable bonds is 2. The number of hydrogen-bond donors (Lipinski definition) is 2. The van der Waals surface area contributed by atoms with Gasteiger partial charge in [0.2, 0.25) is 5.88 Å². The number of imidazole rings is 1. The number of hydrogen-bond acceptors (Lipinski definition) is 3. The van der Waals surface area contributed by atoms with Crippen LogP contribution in [0.4, 0.5) is 0 Å². The average molecular weight is 246 g/mol. The Hall–Kier alpha value is -2.01. The molecule has 18 heavy (non-hydrogen) atoms. The lowest BCUT2D eigenvalue weighted by molar-refractivity contribution is 0.0600. The summed E-state index contributed by atoms with van der Waals surface area (Å²) in [4.78, 5) is 14.1. The summed E-state index contributed by atoms with van der Waals surface area (Å²) in [7, 11) is 0. The number of H-pyrrole nitrogens is 1. The molecule has 3 rings (SSSR count). The summed E-state index contributed by atoms with van der Waals surface area (Å²) < 4.78 is 7.02. The summed E-state index contributed by atoms with van der Waals surface area (Å²) in [5.74, 6) is -0.104. The van der Waals surface area contributed by atoms with E-state index in [-0.39, 0.29) is 18.2 Å². The van der Waals surface area contributed by atoms with Crippen molar-refractivity contribution in [3.05, 3.63) is 51.6 Å². The van der Waals surface area contributed by atoms with Gasteiger partial charge in [-0.3, -0.25) is 9.55 Å². The SMILES string of the molecule is CCc1ccc(C2OCc3c(O)[nH]c(=O)n32)cc1. The van der Waals surface area contributed by atoms with E-state index < -0.39 is 6.23 Å². The number of aromatic nitrogens is 2. The van der Waals surface area contributed by atoms with Crippen molar-refractivity contribution in [2.24, 2.45) is 0 Å². The lowest BCUT2D eigenvalue weighted by atomic mass is 10.1. The Balaban J connectivity index is 2.03. The highest BCUT2D eigenvalue weighted by atomic mass is 16.5. The van der Waals surface area contributed by atoms with Crippen molar-refractivity contribution in [2.45, 2.75) is 26.2 Å². The number of fused-ring (bicyclic) bond motifs is 1. The fourth-order valence-corrected chi connectivity index (χ4v) is 2.25. The van der Waals surface area contributed by atoms with Crippen LogP contribution in [0.1, 0.15) is 30.0 Å². The molecule has 0 spiro atoms. The topological polar surface area (TPSA) is 67.2 Å². The first-order chi connectivity index (χ1) is 8.70. The molecule has 1 aliphatic heterocycles. The van der Waals surface area contributed by atoms with Gasteiger partial charge in [0.25, 0.3) is 0 Å². The molecule has 2 N–H and O–H groups in total. The number of nitrogens with one attached hydrogen (secondary N) is 1. The maximum atomic E-state index is 11.7. The Labute approximate surface area is 104 Å². The summed E-state index contributed by atoms with van der Waals surface area (Å²) in [5.41, 5.74) is 2.31. The third kappa shape index (κ3) is 1.55. The number of aromatic hydroxyl groups is 1. The molecule has 0 aliphatic carbocycles. The average Bonchev–Trinajstić information content (AvgIpc) is 2.93. The third-order valence-corrected chi connectivity index (χ3v) is 3.29. The van der Waals surface area contributed by atoms with Crippen LogP contribution in [0.15, 0.2) is 29.1 Å². The Morgan fingerprint density at radius 2 is 2.17 bits per heavy atom. The monoisotopic (exact) mass is 246 g/mol. The highest BCUT2D eigenvalue weighted by Crippen LogP contribution is 2.31. The van der Waals surface area contributed by atoms with Crippen molar-refractivity contribution in [2.75, 3.05) is 0 Å². The summed E-state index contributed by atoms with van der Waals surface area (Å²) in [6, 6.07) is 7.95. The molecule has 2 heterocycles. The predicted molar refractivity (Wildman–Crippen MR) is 65.5 cm³/mol. The molecule has 1 aromatic heterocycles. The van der Waals surface area contributed by atoms with Gasteiger partial charge in [0.05, 0.1) is 6.61 Å². The number of ether oxygens (including phenoxy) is 1. The van der Waals surface area contributed by atoms with E-state index in [9.17, 15) is 9.90 Å². The van der Waals surface area contributed by atoms with Gasteiger partial charge in [-0.25, -0.2) is 4.79 Å². The fraction of sp³-hybridized carbons (Fsp3) is 0.308. The normalized spacial score (nSPS) is 17.9. The molecule has 1 aliphatic rings. The zero-order valence-electron chi connectivity index (χ0n) is 10.0. The van der Waals surface area contributed by atoms with E-state index in [0.717, 1.165) is 12.0 Å². The van der Waals surface area contributed by atoms with Gasteiger partial charge in [-0.15, -0.1) is 0 Å². The maximum absolute atomic E-state index is 11.7. The molecule has 0 saturated heterocycles. The first-order valence-electron chi connectivity index (χ1n) is 5.93. The van der Waals surface area contributed by atoms with Gasteiger partial charge >= 0.3 is 5.69 Å². The molecule has 0 amide bonds. The van der Waals surface area contributed by atoms with Crippen LogP contribution in [0.5, 0.6) is 5.88 Å². The van der Waals surface area contributed by atoms with E-state index in [4.69, 9.17) is 4.74 Å². The lowest BCUT2D eigenvalue weighted by Crippen LogP contribution is -2.21. The first-order valence-corrected chi connectivity index (χ1v) is 5.93. The van der Waals surface area contributed by atoms with Crippen molar-refractivity contribution in [3.63, 3.8) is 0 Å². The quantitative estimate of drug-likeness (QED) is 0.844. The van der Waals surface area contributed by atoms with E-state index in [1.54, 1.807) is 0 Å². The Morgan fingerprint density at radius 1 is 1.44 bits per heavy atom. The van der Waals surface area contributed by atoms with E-state index in [2.05, 4.69) is 11.9 Å². The minimum atomic E-state index is -0.449. The molecule has 94 valence electrons. The second-order valence-corrected chi connectivity index (χ2v) is 4.35. The molecule has 1 unspecified atom stereocenters. The highest BCUT2D eigenvalue weighted by Gasteiger charge is 2.29. The van der Waals surface area contributed by atoms with E-state index in [1.807, 2.05) is 24.3 Å². The number of benzene rings is 1. The summed E-state index contributed by atoms with van der Waals surface area (Å²) in [5, 5.41) is 9.54. The van der Waals surface area contributed by atoms with Gasteiger partial charge in [0.15, 0.2) is 6.23 Å². The molecular weight excluding hydrogens is 232 g/mol. The second-order valence-electron chi connectivity index (χ2n) is 4.35. The summed E-state index contributed by atoms with van der Waals surface area (Å²) in [6.07, 6.45) is 0.526. The van der Waals surface area contributed by atoms with Gasteiger partial charge in [-0.2, -0.15) is 0 Å².